The largest absolute Gasteiger partial charge is 0.411 e. The molecule has 0 atom stereocenters. The van der Waals surface area contributed by atoms with E-state index in [1.807, 2.05) is 30.3 Å². The van der Waals surface area contributed by atoms with Crippen molar-refractivity contribution < 1.29 is 10.0 Å². The molecule has 2 rings (SSSR count). The summed E-state index contributed by atoms with van der Waals surface area (Å²) in [6.45, 7) is 1.70. The monoisotopic (exact) mass is 269 g/mol. The molecule has 5 nitrogen and oxygen atoms in total. The molecule has 5 heteroatoms. The zero-order valence-electron chi connectivity index (χ0n) is 11.0. The molecule has 0 aliphatic rings. The second-order valence-corrected chi connectivity index (χ2v) is 4.21. The molecule has 102 valence electrons. The number of carbonyl (C=O) groups is 1. The number of nitrogens with one attached hydrogen (secondary N) is 2. The van der Waals surface area contributed by atoms with Crippen molar-refractivity contribution in [2.75, 3.05) is 10.6 Å². The molecule has 2 amide bonds. The van der Waals surface area contributed by atoms with Crippen LogP contribution in [0.15, 0.2) is 59.8 Å². The van der Waals surface area contributed by atoms with Crippen molar-refractivity contribution in [1.82, 2.24) is 0 Å². The van der Waals surface area contributed by atoms with Crippen molar-refractivity contribution in [2.24, 2.45) is 5.16 Å². The van der Waals surface area contributed by atoms with Gasteiger partial charge >= 0.3 is 6.03 Å². The van der Waals surface area contributed by atoms with E-state index >= 15 is 0 Å². The number of carbonyl (C=O) groups excluding carboxylic acids is 1. The van der Waals surface area contributed by atoms with E-state index in [9.17, 15) is 4.79 Å². The number of hydrogen-bond donors (Lipinski definition) is 3. The van der Waals surface area contributed by atoms with Gasteiger partial charge in [-0.25, -0.2) is 4.79 Å². The molecule has 0 unspecified atom stereocenters. The van der Waals surface area contributed by atoms with Gasteiger partial charge in [-0.3, -0.25) is 0 Å². The Morgan fingerprint density at radius 2 is 1.50 bits per heavy atom. The molecule has 0 aliphatic carbocycles. The van der Waals surface area contributed by atoms with E-state index in [4.69, 9.17) is 5.21 Å². The van der Waals surface area contributed by atoms with Gasteiger partial charge in [0.15, 0.2) is 0 Å². The number of urea groups is 1. The topological polar surface area (TPSA) is 73.7 Å². The minimum Gasteiger partial charge on any atom is -0.411 e. The van der Waals surface area contributed by atoms with Crippen LogP contribution in [0.5, 0.6) is 0 Å². The number of rotatable bonds is 3. The second kappa shape index (κ2) is 6.38. The molecule has 2 aromatic carbocycles. The first-order valence-electron chi connectivity index (χ1n) is 6.11. The average molecular weight is 269 g/mol. The SMILES string of the molecule is CC(=NO)c1ccc(NC(=O)Nc2ccccc2)cc1. The molecule has 20 heavy (non-hydrogen) atoms. The molecule has 0 fully saturated rings. The highest BCUT2D eigenvalue weighted by Crippen LogP contribution is 2.11. The predicted molar refractivity (Wildman–Crippen MR) is 79.5 cm³/mol. The second-order valence-electron chi connectivity index (χ2n) is 4.21. The van der Waals surface area contributed by atoms with E-state index in [1.54, 1.807) is 31.2 Å². The van der Waals surface area contributed by atoms with Crippen LogP contribution in [-0.4, -0.2) is 17.0 Å². The van der Waals surface area contributed by atoms with Crippen LogP contribution in [-0.2, 0) is 0 Å². The first-order valence-corrected chi connectivity index (χ1v) is 6.11. The first kappa shape index (κ1) is 13.6. The highest BCUT2D eigenvalue weighted by molar-refractivity contribution is 6.01. The maximum Gasteiger partial charge on any atom is 0.323 e. The molecular formula is C15H15N3O2. The molecular weight excluding hydrogens is 254 g/mol. The summed E-state index contributed by atoms with van der Waals surface area (Å²) in [4.78, 5) is 11.8. The van der Waals surface area contributed by atoms with Crippen LogP contribution in [0.2, 0.25) is 0 Å². The highest BCUT2D eigenvalue weighted by Gasteiger charge is 2.03. The van der Waals surface area contributed by atoms with E-state index in [1.165, 1.54) is 0 Å². The summed E-state index contributed by atoms with van der Waals surface area (Å²) in [5, 5.41) is 17.2. The lowest BCUT2D eigenvalue weighted by Gasteiger charge is -2.08. The third-order valence-electron chi connectivity index (χ3n) is 2.74. The summed E-state index contributed by atoms with van der Waals surface area (Å²) in [5.74, 6) is 0. The van der Waals surface area contributed by atoms with Crippen molar-refractivity contribution >= 4 is 23.1 Å². The minimum absolute atomic E-state index is 0.309. The Labute approximate surface area is 116 Å². The van der Waals surface area contributed by atoms with Gasteiger partial charge in [0.2, 0.25) is 0 Å². The van der Waals surface area contributed by atoms with Gasteiger partial charge < -0.3 is 15.8 Å². The van der Waals surface area contributed by atoms with Crippen LogP contribution < -0.4 is 10.6 Å². The Kier molecular flexibility index (Phi) is 4.34. The molecule has 0 bridgehead atoms. The Balaban J connectivity index is 1.98. The molecule has 0 aliphatic heterocycles. The zero-order chi connectivity index (χ0) is 14.4. The van der Waals surface area contributed by atoms with E-state index in [-0.39, 0.29) is 6.03 Å². The summed E-state index contributed by atoms with van der Waals surface area (Å²) in [6.07, 6.45) is 0. The fourth-order valence-corrected chi connectivity index (χ4v) is 1.67. The number of para-hydroxylation sites is 1. The molecule has 0 aromatic heterocycles. The van der Waals surface area contributed by atoms with Crippen molar-refractivity contribution in [2.45, 2.75) is 6.92 Å². The van der Waals surface area contributed by atoms with Gasteiger partial charge in [-0.2, -0.15) is 0 Å². The normalized spacial score (nSPS) is 10.9. The van der Waals surface area contributed by atoms with E-state index in [0.717, 1.165) is 11.3 Å². The summed E-state index contributed by atoms with van der Waals surface area (Å²) >= 11 is 0. The third kappa shape index (κ3) is 3.58. The summed E-state index contributed by atoms with van der Waals surface area (Å²) in [7, 11) is 0. The number of oxime groups is 1. The first-order chi connectivity index (χ1) is 9.69. The Morgan fingerprint density at radius 1 is 0.950 bits per heavy atom. The molecule has 3 N–H and O–H groups in total. The van der Waals surface area contributed by atoms with Crippen molar-refractivity contribution in [1.29, 1.82) is 0 Å². The quantitative estimate of drug-likeness (QED) is 0.453. The lowest BCUT2D eigenvalue weighted by Crippen LogP contribution is -2.19. The summed E-state index contributed by atoms with van der Waals surface area (Å²) in [5.41, 5.74) is 2.70. The molecule has 0 saturated carbocycles. The van der Waals surface area contributed by atoms with E-state index in [2.05, 4.69) is 15.8 Å². The van der Waals surface area contributed by atoms with Crippen LogP contribution in [0.4, 0.5) is 16.2 Å². The van der Waals surface area contributed by atoms with Gasteiger partial charge in [0.05, 0.1) is 5.71 Å². The Hall–Kier alpha value is -2.82. The minimum atomic E-state index is -0.309. The molecule has 2 aromatic rings. The van der Waals surface area contributed by atoms with Gasteiger partial charge in [-0.05, 0) is 36.8 Å². The summed E-state index contributed by atoms with van der Waals surface area (Å²) < 4.78 is 0. The van der Waals surface area contributed by atoms with Crippen LogP contribution in [0, 0.1) is 0 Å². The predicted octanol–water partition coefficient (Wildman–Crippen LogP) is 3.53. The number of amides is 2. The summed E-state index contributed by atoms with van der Waals surface area (Å²) in [6, 6.07) is 15.9. The zero-order valence-corrected chi connectivity index (χ0v) is 11.0. The van der Waals surface area contributed by atoms with Gasteiger partial charge in [-0.1, -0.05) is 35.5 Å². The maximum absolute atomic E-state index is 11.8. The number of benzene rings is 2. The Morgan fingerprint density at radius 3 is 2.05 bits per heavy atom. The van der Waals surface area contributed by atoms with Crippen LogP contribution in [0.3, 0.4) is 0 Å². The lowest BCUT2D eigenvalue weighted by atomic mass is 10.1. The molecule has 0 heterocycles. The van der Waals surface area contributed by atoms with Gasteiger partial charge in [0, 0.05) is 11.4 Å². The standard InChI is InChI=1S/C15H15N3O2/c1-11(18-20)12-7-9-14(10-8-12)17-15(19)16-13-5-3-2-4-6-13/h2-10,20H,1H3,(H2,16,17,19). The smallest absolute Gasteiger partial charge is 0.323 e. The van der Waals surface area contributed by atoms with Crippen molar-refractivity contribution in [3.63, 3.8) is 0 Å². The van der Waals surface area contributed by atoms with E-state index in [0.29, 0.717) is 11.4 Å². The molecule has 0 radical (unpaired) electrons. The third-order valence-corrected chi connectivity index (χ3v) is 2.74. The molecule has 0 spiro atoms. The number of hydrogen-bond acceptors (Lipinski definition) is 3. The van der Waals surface area contributed by atoms with Crippen LogP contribution in [0.1, 0.15) is 12.5 Å². The fourth-order valence-electron chi connectivity index (χ4n) is 1.67. The van der Waals surface area contributed by atoms with Crippen molar-refractivity contribution in [3.8, 4) is 0 Å². The van der Waals surface area contributed by atoms with Crippen LogP contribution >= 0.6 is 0 Å². The van der Waals surface area contributed by atoms with Gasteiger partial charge in [0.25, 0.3) is 0 Å². The number of nitrogens with zero attached hydrogens (tertiary/aromatic N) is 1. The average Bonchev–Trinajstić information content (AvgIpc) is 2.48. The van der Waals surface area contributed by atoms with Crippen molar-refractivity contribution in [3.05, 3.63) is 60.2 Å². The number of anilines is 2. The lowest BCUT2D eigenvalue weighted by molar-refractivity contribution is 0.262. The van der Waals surface area contributed by atoms with Crippen LogP contribution in [0.25, 0.3) is 0 Å². The fraction of sp³-hybridized carbons (Fsp3) is 0.0667. The van der Waals surface area contributed by atoms with E-state index < -0.39 is 0 Å². The van der Waals surface area contributed by atoms with Gasteiger partial charge in [0.1, 0.15) is 0 Å². The highest BCUT2D eigenvalue weighted by atomic mass is 16.4. The molecule has 0 saturated heterocycles. The maximum atomic E-state index is 11.8. The van der Waals surface area contributed by atoms with Gasteiger partial charge in [-0.15, -0.1) is 0 Å². The Bertz CT molecular complexity index is 607.